The van der Waals surface area contributed by atoms with Crippen LogP contribution in [0, 0.1) is 11.3 Å². The number of benzene rings is 3. The average molecular weight is 377 g/mol. The maximum atomic E-state index is 12.3. The van der Waals surface area contributed by atoms with Crippen molar-refractivity contribution in [3.05, 3.63) is 90.0 Å². The normalized spacial score (nSPS) is 10.6. The smallest absolute Gasteiger partial charge is 0.261 e. The van der Waals surface area contributed by atoms with E-state index in [4.69, 9.17) is 5.26 Å². The first kappa shape index (κ1) is 18.2. The Bertz CT molecular complexity index is 1100. The number of carbonyl (C=O) groups excluding carboxylic acids is 1. The summed E-state index contributed by atoms with van der Waals surface area (Å²) in [5.74, 6) is -0.359. The summed E-state index contributed by atoms with van der Waals surface area (Å²) >= 11 is 0. The van der Waals surface area contributed by atoms with Gasteiger partial charge in [0.05, 0.1) is 16.5 Å². The summed E-state index contributed by atoms with van der Waals surface area (Å²) in [6.07, 6.45) is 0. The Labute approximate surface area is 157 Å². The zero-order valence-corrected chi connectivity index (χ0v) is 14.9. The van der Waals surface area contributed by atoms with E-state index in [2.05, 4.69) is 10.0 Å². The zero-order chi connectivity index (χ0) is 19.3. The molecule has 3 aromatic rings. The highest BCUT2D eigenvalue weighted by atomic mass is 32.2. The molecule has 0 aliphatic heterocycles. The third kappa shape index (κ3) is 4.51. The lowest BCUT2D eigenvalue weighted by Crippen LogP contribution is -2.14. The van der Waals surface area contributed by atoms with Crippen LogP contribution in [0.15, 0.2) is 83.8 Å². The van der Waals surface area contributed by atoms with E-state index in [1.807, 2.05) is 6.07 Å². The van der Waals surface area contributed by atoms with E-state index in [1.54, 1.807) is 42.5 Å². The van der Waals surface area contributed by atoms with Crippen molar-refractivity contribution in [3.63, 3.8) is 0 Å². The summed E-state index contributed by atoms with van der Waals surface area (Å²) in [6.45, 7) is 0. The lowest BCUT2D eigenvalue weighted by atomic mass is 10.1. The molecule has 1 amide bonds. The molecular weight excluding hydrogens is 362 g/mol. The van der Waals surface area contributed by atoms with Crippen molar-refractivity contribution in [2.45, 2.75) is 4.90 Å². The second-order valence-electron chi connectivity index (χ2n) is 5.64. The molecule has 0 atom stereocenters. The van der Waals surface area contributed by atoms with E-state index >= 15 is 0 Å². The topological polar surface area (TPSA) is 99.1 Å². The lowest BCUT2D eigenvalue weighted by Gasteiger charge is -2.09. The molecule has 0 heterocycles. The molecule has 0 saturated carbocycles. The van der Waals surface area contributed by atoms with E-state index in [9.17, 15) is 13.2 Å². The van der Waals surface area contributed by atoms with E-state index in [1.165, 1.54) is 36.4 Å². The van der Waals surface area contributed by atoms with Crippen LogP contribution in [0.3, 0.4) is 0 Å². The minimum absolute atomic E-state index is 0.157. The van der Waals surface area contributed by atoms with Crippen LogP contribution in [0.5, 0.6) is 0 Å². The van der Waals surface area contributed by atoms with Crippen molar-refractivity contribution in [2.75, 3.05) is 10.0 Å². The maximum absolute atomic E-state index is 12.3. The third-order valence-corrected chi connectivity index (χ3v) is 5.10. The van der Waals surface area contributed by atoms with E-state index < -0.39 is 10.0 Å². The lowest BCUT2D eigenvalue weighted by molar-refractivity contribution is 0.102. The van der Waals surface area contributed by atoms with Gasteiger partial charge in [-0.1, -0.05) is 24.3 Å². The summed E-state index contributed by atoms with van der Waals surface area (Å²) in [7, 11) is -3.68. The number of amides is 1. The van der Waals surface area contributed by atoms with Crippen molar-refractivity contribution in [1.29, 1.82) is 5.26 Å². The third-order valence-electron chi connectivity index (χ3n) is 3.70. The Morgan fingerprint density at radius 3 is 2.22 bits per heavy atom. The van der Waals surface area contributed by atoms with Crippen molar-refractivity contribution < 1.29 is 13.2 Å². The number of nitrogens with zero attached hydrogens (tertiary/aromatic N) is 1. The SMILES string of the molecule is N#Cc1cccc(NC(=O)c2ccc(NS(=O)(=O)c3ccccc3)cc2)c1. The average Bonchev–Trinajstić information content (AvgIpc) is 2.69. The summed E-state index contributed by atoms with van der Waals surface area (Å²) in [5, 5.41) is 11.6. The summed E-state index contributed by atoms with van der Waals surface area (Å²) in [6, 6.07) is 22.7. The minimum atomic E-state index is -3.68. The Morgan fingerprint density at radius 1 is 0.852 bits per heavy atom. The Morgan fingerprint density at radius 2 is 1.56 bits per heavy atom. The van der Waals surface area contributed by atoms with Gasteiger partial charge in [0.25, 0.3) is 15.9 Å². The van der Waals surface area contributed by atoms with Gasteiger partial charge in [-0.25, -0.2) is 8.42 Å². The van der Waals surface area contributed by atoms with Gasteiger partial charge in [-0.2, -0.15) is 5.26 Å². The number of nitrogens with one attached hydrogen (secondary N) is 2. The predicted octanol–water partition coefficient (Wildman–Crippen LogP) is 3.61. The first-order valence-electron chi connectivity index (χ1n) is 7.97. The molecule has 0 fully saturated rings. The van der Waals surface area contributed by atoms with Gasteiger partial charge in [0, 0.05) is 16.9 Å². The van der Waals surface area contributed by atoms with Crippen molar-refractivity contribution in [3.8, 4) is 6.07 Å². The number of carbonyl (C=O) groups is 1. The van der Waals surface area contributed by atoms with Crippen LogP contribution in [0.4, 0.5) is 11.4 Å². The first-order valence-corrected chi connectivity index (χ1v) is 9.46. The van der Waals surface area contributed by atoms with Crippen LogP contribution >= 0.6 is 0 Å². The molecule has 0 aliphatic rings. The number of nitriles is 1. The zero-order valence-electron chi connectivity index (χ0n) is 14.1. The molecule has 0 radical (unpaired) electrons. The van der Waals surface area contributed by atoms with Gasteiger partial charge in [0.15, 0.2) is 0 Å². The molecule has 27 heavy (non-hydrogen) atoms. The largest absolute Gasteiger partial charge is 0.322 e. The summed E-state index contributed by atoms with van der Waals surface area (Å²) < 4.78 is 27.1. The maximum Gasteiger partial charge on any atom is 0.261 e. The van der Waals surface area contributed by atoms with Crippen molar-refractivity contribution in [1.82, 2.24) is 0 Å². The number of hydrogen-bond donors (Lipinski definition) is 2. The molecule has 0 aromatic heterocycles. The monoisotopic (exact) mass is 377 g/mol. The minimum Gasteiger partial charge on any atom is -0.322 e. The fourth-order valence-electron chi connectivity index (χ4n) is 2.37. The van der Waals surface area contributed by atoms with Crippen LogP contribution in [0.25, 0.3) is 0 Å². The van der Waals surface area contributed by atoms with Crippen molar-refractivity contribution >= 4 is 27.3 Å². The molecule has 2 N–H and O–H groups in total. The van der Waals surface area contributed by atoms with Crippen LogP contribution in [0.1, 0.15) is 15.9 Å². The highest BCUT2D eigenvalue weighted by Crippen LogP contribution is 2.17. The van der Waals surface area contributed by atoms with E-state index in [0.717, 1.165) is 0 Å². The Hall–Kier alpha value is -3.63. The van der Waals surface area contributed by atoms with Gasteiger partial charge in [0.1, 0.15) is 0 Å². The number of rotatable bonds is 5. The molecule has 0 saturated heterocycles. The van der Waals surface area contributed by atoms with Crippen LogP contribution in [-0.2, 0) is 10.0 Å². The molecular formula is C20H15N3O3S. The van der Waals surface area contributed by atoms with Crippen LogP contribution in [0.2, 0.25) is 0 Å². The highest BCUT2D eigenvalue weighted by molar-refractivity contribution is 7.92. The fourth-order valence-corrected chi connectivity index (χ4v) is 3.45. The summed E-state index contributed by atoms with van der Waals surface area (Å²) in [4.78, 5) is 12.5. The molecule has 7 heteroatoms. The number of hydrogen-bond acceptors (Lipinski definition) is 4. The molecule has 0 unspecified atom stereocenters. The van der Waals surface area contributed by atoms with Gasteiger partial charge < -0.3 is 5.32 Å². The Kier molecular flexibility index (Phi) is 5.20. The Balaban J connectivity index is 1.71. The second-order valence-corrected chi connectivity index (χ2v) is 7.33. The highest BCUT2D eigenvalue weighted by Gasteiger charge is 2.14. The standard InChI is InChI=1S/C20H15N3O3S/c21-14-15-5-4-6-18(13-15)22-20(24)16-9-11-17(12-10-16)23-27(25,26)19-7-2-1-3-8-19/h1-13,23H,(H,22,24). The van der Waals surface area contributed by atoms with Gasteiger partial charge in [0.2, 0.25) is 0 Å². The second kappa shape index (κ2) is 7.72. The summed E-state index contributed by atoms with van der Waals surface area (Å²) in [5.41, 5.74) is 1.66. The molecule has 0 bridgehead atoms. The van der Waals surface area contributed by atoms with E-state index in [0.29, 0.717) is 22.5 Å². The molecule has 6 nitrogen and oxygen atoms in total. The van der Waals surface area contributed by atoms with Crippen molar-refractivity contribution in [2.24, 2.45) is 0 Å². The number of sulfonamides is 1. The van der Waals surface area contributed by atoms with Gasteiger partial charge >= 0.3 is 0 Å². The van der Waals surface area contributed by atoms with E-state index in [-0.39, 0.29) is 10.8 Å². The number of anilines is 2. The van der Waals surface area contributed by atoms with Gasteiger partial charge in [-0.3, -0.25) is 9.52 Å². The first-order chi connectivity index (χ1) is 13.0. The van der Waals surface area contributed by atoms with Gasteiger partial charge in [-0.15, -0.1) is 0 Å². The molecule has 0 aliphatic carbocycles. The van der Waals surface area contributed by atoms with Gasteiger partial charge in [-0.05, 0) is 54.6 Å². The van der Waals surface area contributed by atoms with Crippen LogP contribution < -0.4 is 10.0 Å². The predicted molar refractivity (Wildman–Crippen MR) is 103 cm³/mol. The quantitative estimate of drug-likeness (QED) is 0.709. The molecule has 0 spiro atoms. The molecule has 3 aromatic carbocycles. The molecule has 134 valence electrons. The fraction of sp³-hybridized carbons (Fsp3) is 0. The molecule has 3 rings (SSSR count). The van der Waals surface area contributed by atoms with Crippen LogP contribution in [-0.4, -0.2) is 14.3 Å².